The molecule has 2 fully saturated rings. The highest BCUT2D eigenvalue weighted by Crippen LogP contribution is 2.26. The predicted molar refractivity (Wildman–Crippen MR) is 102 cm³/mol. The average molecular weight is 417 g/mol. The van der Waals surface area contributed by atoms with Crippen LogP contribution in [0.15, 0.2) is 40.2 Å². The number of thioether (sulfide) groups is 1. The van der Waals surface area contributed by atoms with E-state index in [1.54, 1.807) is 0 Å². The van der Waals surface area contributed by atoms with Gasteiger partial charge in [-0.1, -0.05) is 18.2 Å². The summed E-state index contributed by atoms with van der Waals surface area (Å²) in [5.41, 5.74) is 0. The molecule has 1 heterocycles. The van der Waals surface area contributed by atoms with Crippen LogP contribution in [0.1, 0.15) is 19.3 Å². The predicted octanol–water partition coefficient (Wildman–Crippen LogP) is 3.46. The van der Waals surface area contributed by atoms with Gasteiger partial charge in [-0.25, -0.2) is 0 Å². The van der Waals surface area contributed by atoms with Gasteiger partial charge in [0, 0.05) is 36.8 Å². The number of nitrogens with zero attached hydrogens (tertiary/aromatic N) is 2. The van der Waals surface area contributed by atoms with Gasteiger partial charge in [-0.15, -0.1) is 35.7 Å². The minimum absolute atomic E-state index is 0. The summed E-state index contributed by atoms with van der Waals surface area (Å²) in [4.78, 5) is 8.23. The van der Waals surface area contributed by atoms with Crippen molar-refractivity contribution in [2.45, 2.75) is 30.2 Å². The van der Waals surface area contributed by atoms with E-state index < -0.39 is 0 Å². The van der Waals surface area contributed by atoms with E-state index in [9.17, 15) is 0 Å². The van der Waals surface area contributed by atoms with Gasteiger partial charge in [0.2, 0.25) is 0 Å². The maximum atomic E-state index is 4.43. The molecular weight excluding hydrogens is 393 g/mol. The molecule has 5 heteroatoms. The summed E-state index contributed by atoms with van der Waals surface area (Å²) in [7, 11) is 1.90. The van der Waals surface area contributed by atoms with E-state index in [4.69, 9.17) is 0 Å². The lowest BCUT2D eigenvalue weighted by atomic mass is 10.2. The quantitative estimate of drug-likeness (QED) is 0.352. The van der Waals surface area contributed by atoms with E-state index >= 15 is 0 Å². The van der Waals surface area contributed by atoms with E-state index in [0.717, 1.165) is 25.0 Å². The number of guanidine groups is 1. The first-order chi connectivity index (χ1) is 9.85. The van der Waals surface area contributed by atoms with Crippen molar-refractivity contribution in [3.8, 4) is 0 Å². The first-order valence-corrected chi connectivity index (χ1v) is 8.50. The normalized spacial score (nSPS) is 22.0. The van der Waals surface area contributed by atoms with E-state index in [1.165, 1.54) is 29.9 Å². The van der Waals surface area contributed by atoms with Gasteiger partial charge in [-0.05, 0) is 37.3 Å². The van der Waals surface area contributed by atoms with Crippen molar-refractivity contribution in [1.29, 1.82) is 0 Å². The van der Waals surface area contributed by atoms with Crippen LogP contribution < -0.4 is 5.32 Å². The molecule has 1 aliphatic heterocycles. The SMILES string of the molecule is CN=C(NC1CC1)N1CCC(CSc2ccccc2)C1.I. The Morgan fingerprint density at radius 1 is 1.29 bits per heavy atom. The topological polar surface area (TPSA) is 27.6 Å². The molecule has 3 nitrogen and oxygen atoms in total. The Morgan fingerprint density at radius 2 is 2.05 bits per heavy atom. The van der Waals surface area contributed by atoms with Crippen molar-refractivity contribution in [3.05, 3.63) is 30.3 Å². The highest BCUT2D eigenvalue weighted by atomic mass is 127. The Morgan fingerprint density at radius 3 is 2.71 bits per heavy atom. The third-order valence-electron chi connectivity index (χ3n) is 3.94. The minimum atomic E-state index is 0. The summed E-state index contributed by atoms with van der Waals surface area (Å²) < 4.78 is 0. The molecule has 2 aliphatic rings. The Balaban J connectivity index is 0.00000161. The maximum Gasteiger partial charge on any atom is 0.193 e. The van der Waals surface area contributed by atoms with Crippen molar-refractivity contribution in [1.82, 2.24) is 10.2 Å². The van der Waals surface area contributed by atoms with E-state index in [1.807, 2.05) is 18.8 Å². The molecule has 1 aliphatic carbocycles. The molecule has 0 aromatic heterocycles. The van der Waals surface area contributed by atoms with E-state index in [0.29, 0.717) is 6.04 Å². The molecule has 0 bridgehead atoms. The molecule has 0 amide bonds. The number of halogens is 1. The van der Waals surface area contributed by atoms with Gasteiger partial charge >= 0.3 is 0 Å². The van der Waals surface area contributed by atoms with Gasteiger partial charge < -0.3 is 10.2 Å². The molecule has 116 valence electrons. The molecule has 1 aromatic rings. The molecule has 1 atom stereocenters. The van der Waals surface area contributed by atoms with Crippen LogP contribution in [0.25, 0.3) is 0 Å². The fraction of sp³-hybridized carbons (Fsp3) is 0.562. The van der Waals surface area contributed by atoms with Crippen LogP contribution in [0.5, 0.6) is 0 Å². The molecule has 1 unspecified atom stereocenters. The van der Waals surface area contributed by atoms with Crippen molar-refractivity contribution in [2.24, 2.45) is 10.9 Å². The lowest BCUT2D eigenvalue weighted by molar-refractivity contribution is 0.474. The largest absolute Gasteiger partial charge is 0.354 e. The summed E-state index contributed by atoms with van der Waals surface area (Å²) in [6.07, 6.45) is 3.89. The fourth-order valence-electron chi connectivity index (χ4n) is 2.60. The Bertz CT molecular complexity index is 462. The highest BCUT2D eigenvalue weighted by Gasteiger charge is 2.28. The Hall–Kier alpha value is -0.430. The van der Waals surface area contributed by atoms with Gasteiger partial charge in [-0.3, -0.25) is 4.99 Å². The minimum Gasteiger partial charge on any atom is -0.354 e. The van der Waals surface area contributed by atoms with E-state index in [-0.39, 0.29) is 24.0 Å². The van der Waals surface area contributed by atoms with Crippen LogP contribution in [0.2, 0.25) is 0 Å². The fourth-order valence-corrected chi connectivity index (χ4v) is 3.65. The van der Waals surface area contributed by atoms with Crippen LogP contribution in [-0.4, -0.2) is 42.8 Å². The Labute approximate surface area is 149 Å². The van der Waals surface area contributed by atoms with Gasteiger partial charge in [0.1, 0.15) is 0 Å². The average Bonchev–Trinajstić information content (AvgIpc) is 3.20. The molecule has 3 rings (SSSR count). The summed E-state index contributed by atoms with van der Waals surface area (Å²) in [6, 6.07) is 11.4. The smallest absolute Gasteiger partial charge is 0.193 e. The standard InChI is InChI=1S/C16H23N3S.HI/c1-17-16(18-14-7-8-14)19-10-9-13(11-19)12-20-15-5-3-2-4-6-15;/h2-6,13-14H,7-12H2,1H3,(H,17,18);1H. The molecule has 0 radical (unpaired) electrons. The molecule has 21 heavy (non-hydrogen) atoms. The van der Waals surface area contributed by atoms with Crippen LogP contribution in [-0.2, 0) is 0 Å². The zero-order chi connectivity index (χ0) is 13.8. The Kier molecular flexibility index (Phi) is 6.67. The molecule has 0 spiro atoms. The van der Waals surface area contributed by atoms with Gasteiger partial charge in [-0.2, -0.15) is 0 Å². The second-order valence-electron chi connectivity index (χ2n) is 5.69. The molecular formula is C16H24IN3S. The number of aliphatic imine (C=N–C) groups is 1. The molecule has 1 saturated heterocycles. The van der Waals surface area contributed by atoms with Crippen LogP contribution >= 0.6 is 35.7 Å². The lowest BCUT2D eigenvalue weighted by Gasteiger charge is -2.21. The second kappa shape index (κ2) is 8.27. The summed E-state index contributed by atoms with van der Waals surface area (Å²) >= 11 is 1.98. The van der Waals surface area contributed by atoms with Crippen molar-refractivity contribution < 1.29 is 0 Å². The molecule has 1 saturated carbocycles. The van der Waals surface area contributed by atoms with Crippen LogP contribution in [0, 0.1) is 5.92 Å². The molecule has 1 aromatic carbocycles. The number of hydrogen-bond acceptors (Lipinski definition) is 2. The third-order valence-corrected chi connectivity index (χ3v) is 5.18. The number of likely N-dealkylation sites (tertiary alicyclic amines) is 1. The zero-order valence-electron chi connectivity index (χ0n) is 12.5. The van der Waals surface area contributed by atoms with Crippen LogP contribution in [0.3, 0.4) is 0 Å². The number of hydrogen-bond donors (Lipinski definition) is 1. The first-order valence-electron chi connectivity index (χ1n) is 7.51. The molecule has 1 N–H and O–H groups in total. The summed E-state index contributed by atoms with van der Waals surface area (Å²) in [5, 5.41) is 3.55. The number of benzene rings is 1. The third kappa shape index (κ3) is 5.06. The maximum absolute atomic E-state index is 4.43. The summed E-state index contributed by atoms with van der Waals surface area (Å²) in [6.45, 7) is 2.29. The lowest BCUT2D eigenvalue weighted by Crippen LogP contribution is -2.41. The van der Waals surface area contributed by atoms with Gasteiger partial charge in [0.25, 0.3) is 0 Å². The highest BCUT2D eigenvalue weighted by molar-refractivity contribution is 14.0. The van der Waals surface area contributed by atoms with Crippen molar-refractivity contribution in [3.63, 3.8) is 0 Å². The van der Waals surface area contributed by atoms with E-state index in [2.05, 4.69) is 45.5 Å². The number of nitrogens with one attached hydrogen (secondary N) is 1. The van der Waals surface area contributed by atoms with Crippen molar-refractivity contribution in [2.75, 3.05) is 25.9 Å². The number of rotatable bonds is 4. The zero-order valence-corrected chi connectivity index (χ0v) is 15.6. The second-order valence-corrected chi connectivity index (χ2v) is 6.78. The van der Waals surface area contributed by atoms with Crippen molar-refractivity contribution >= 4 is 41.7 Å². The monoisotopic (exact) mass is 417 g/mol. The van der Waals surface area contributed by atoms with Gasteiger partial charge in [0.05, 0.1) is 0 Å². The van der Waals surface area contributed by atoms with Crippen LogP contribution in [0.4, 0.5) is 0 Å². The summed E-state index contributed by atoms with van der Waals surface area (Å²) in [5.74, 6) is 3.10. The van der Waals surface area contributed by atoms with Gasteiger partial charge in [0.15, 0.2) is 5.96 Å². The first kappa shape index (κ1) is 16.9.